The molecular weight excluding hydrogens is 344 g/mol. The lowest BCUT2D eigenvalue weighted by Crippen LogP contribution is -2.54. The molecule has 0 aliphatic carbocycles. The molecule has 1 fully saturated rings. The molecule has 0 radical (unpaired) electrons. The number of nitro groups is 1. The van der Waals surface area contributed by atoms with Gasteiger partial charge in [0.15, 0.2) is 0 Å². The third kappa shape index (κ3) is 2.80. The van der Waals surface area contributed by atoms with Gasteiger partial charge in [-0.15, -0.1) is 0 Å². The molecule has 2 aliphatic heterocycles. The molecule has 4 rings (SSSR count). The first kappa shape index (κ1) is 17.4. The molecule has 2 aliphatic rings. The minimum absolute atomic E-state index is 0.0186. The van der Waals surface area contributed by atoms with Crippen LogP contribution in [0.1, 0.15) is 18.1 Å². The van der Waals surface area contributed by atoms with Crippen molar-refractivity contribution in [1.29, 1.82) is 5.41 Å². The van der Waals surface area contributed by atoms with Gasteiger partial charge in [-0.3, -0.25) is 10.1 Å². The number of morpholine rings is 1. The molecule has 0 spiro atoms. The highest BCUT2D eigenvalue weighted by molar-refractivity contribution is 6.25. The average molecular weight is 364 g/mol. The van der Waals surface area contributed by atoms with Crippen LogP contribution >= 0.6 is 0 Å². The van der Waals surface area contributed by atoms with Crippen molar-refractivity contribution in [1.82, 2.24) is 4.90 Å². The van der Waals surface area contributed by atoms with Gasteiger partial charge >= 0.3 is 0 Å². The lowest BCUT2D eigenvalue weighted by Gasteiger charge is -2.42. The van der Waals surface area contributed by atoms with E-state index in [1.807, 2.05) is 37.3 Å². The number of fused-ring (bicyclic) bond motifs is 1. The van der Waals surface area contributed by atoms with Crippen molar-refractivity contribution in [3.05, 3.63) is 69.8 Å². The normalized spacial score (nSPS) is 22.2. The number of nitrogens with one attached hydrogen (secondary N) is 1. The van der Waals surface area contributed by atoms with Gasteiger partial charge in [-0.2, -0.15) is 0 Å². The number of non-ortho nitro benzene ring substituents is 1. The smallest absolute Gasteiger partial charge is 0.271 e. The van der Waals surface area contributed by atoms with Crippen LogP contribution in [-0.4, -0.2) is 47.7 Å². The third-order valence-electron chi connectivity index (χ3n) is 5.30. The number of benzene rings is 2. The fourth-order valence-corrected chi connectivity index (χ4v) is 3.75. The second kappa shape index (κ2) is 6.59. The molecule has 1 N–H and O–H groups in total. The van der Waals surface area contributed by atoms with Gasteiger partial charge in [-0.05, 0) is 18.6 Å². The Balaban J connectivity index is 1.92. The second-order valence-electron chi connectivity index (χ2n) is 6.86. The first-order valence-electron chi connectivity index (χ1n) is 8.87. The molecule has 0 amide bonds. The number of rotatable bonds is 2. The molecule has 2 aromatic carbocycles. The van der Waals surface area contributed by atoms with Crippen LogP contribution < -0.4 is 0 Å². The van der Waals surface area contributed by atoms with Gasteiger partial charge in [0, 0.05) is 30.8 Å². The van der Waals surface area contributed by atoms with Gasteiger partial charge in [0.1, 0.15) is 5.84 Å². The van der Waals surface area contributed by atoms with E-state index < -0.39 is 10.3 Å². The molecular formula is C20H20N4O3. The predicted octanol–water partition coefficient (Wildman–Crippen LogP) is 3.30. The summed E-state index contributed by atoms with van der Waals surface area (Å²) < 4.78 is 5.47. The lowest BCUT2D eigenvalue weighted by atomic mass is 9.72. The van der Waals surface area contributed by atoms with Crippen LogP contribution in [0, 0.1) is 15.5 Å². The zero-order valence-electron chi connectivity index (χ0n) is 15.0. The largest absolute Gasteiger partial charge is 0.378 e. The van der Waals surface area contributed by atoms with Crippen LogP contribution in [-0.2, 0) is 10.2 Å². The van der Waals surface area contributed by atoms with E-state index in [9.17, 15) is 10.1 Å². The molecule has 7 heteroatoms. The highest BCUT2D eigenvalue weighted by Crippen LogP contribution is 2.41. The standard InChI is InChI=1S/C20H20N4O3/c1-20(14-5-3-2-4-6-14)18(21)16-8-7-15(24(25)26)13-17(16)22-19(20)23-9-11-27-12-10-23/h2-8,13,21H,9-12H2,1H3. The summed E-state index contributed by atoms with van der Waals surface area (Å²) in [6.07, 6.45) is 0. The third-order valence-corrected chi connectivity index (χ3v) is 5.30. The lowest BCUT2D eigenvalue weighted by molar-refractivity contribution is -0.384. The van der Waals surface area contributed by atoms with E-state index in [1.165, 1.54) is 12.1 Å². The van der Waals surface area contributed by atoms with Crippen molar-refractivity contribution in [3.8, 4) is 0 Å². The van der Waals surface area contributed by atoms with Crippen LogP contribution in [0.3, 0.4) is 0 Å². The monoisotopic (exact) mass is 364 g/mol. The topological polar surface area (TPSA) is 91.8 Å². The summed E-state index contributed by atoms with van der Waals surface area (Å²) in [4.78, 5) is 17.7. The van der Waals surface area contributed by atoms with Crippen LogP contribution in [0.4, 0.5) is 11.4 Å². The Hall–Kier alpha value is -3.06. The first-order valence-corrected chi connectivity index (χ1v) is 8.87. The number of hydrogen-bond acceptors (Lipinski definition) is 6. The molecule has 2 heterocycles. The Labute approximate surface area is 157 Å². The summed E-state index contributed by atoms with van der Waals surface area (Å²) >= 11 is 0. The van der Waals surface area contributed by atoms with Crippen molar-refractivity contribution >= 4 is 22.9 Å². The van der Waals surface area contributed by atoms with E-state index in [1.54, 1.807) is 6.07 Å². The van der Waals surface area contributed by atoms with Gasteiger partial charge in [-0.25, -0.2) is 4.99 Å². The molecule has 27 heavy (non-hydrogen) atoms. The Morgan fingerprint density at radius 2 is 1.89 bits per heavy atom. The van der Waals surface area contributed by atoms with Gasteiger partial charge in [0.25, 0.3) is 5.69 Å². The van der Waals surface area contributed by atoms with Gasteiger partial charge in [0.05, 0.1) is 35.0 Å². The van der Waals surface area contributed by atoms with Crippen molar-refractivity contribution < 1.29 is 9.66 Å². The fourth-order valence-electron chi connectivity index (χ4n) is 3.75. The number of nitrogens with zero attached hydrogens (tertiary/aromatic N) is 3. The van der Waals surface area contributed by atoms with Crippen molar-refractivity contribution in [2.75, 3.05) is 26.3 Å². The van der Waals surface area contributed by atoms with Crippen molar-refractivity contribution in [2.24, 2.45) is 4.99 Å². The number of hydrogen-bond donors (Lipinski definition) is 1. The van der Waals surface area contributed by atoms with E-state index in [0.29, 0.717) is 43.3 Å². The second-order valence-corrected chi connectivity index (χ2v) is 6.86. The van der Waals surface area contributed by atoms with Crippen LogP contribution in [0.2, 0.25) is 0 Å². The minimum Gasteiger partial charge on any atom is -0.378 e. The highest BCUT2D eigenvalue weighted by atomic mass is 16.6. The Bertz CT molecular complexity index is 935. The quantitative estimate of drug-likeness (QED) is 0.654. The zero-order valence-corrected chi connectivity index (χ0v) is 15.0. The molecule has 1 unspecified atom stereocenters. The molecule has 7 nitrogen and oxygen atoms in total. The van der Waals surface area contributed by atoms with Crippen LogP contribution in [0.25, 0.3) is 0 Å². The summed E-state index contributed by atoms with van der Waals surface area (Å²) in [6.45, 7) is 4.55. The maximum absolute atomic E-state index is 11.2. The average Bonchev–Trinajstić information content (AvgIpc) is 2.71. The van der Waals surface area contributed by atoms with Gasteiger partial charge in [-0.1, -0.05) is 30.3 Å². The number of amidine groups is 1. The Kier molecular flexibility index (Phi) is 4.24. The van der Waals surface area contributed by atoms with E-state index in [0.717, 1.165) is 11.4 Å². The van der Waals surface area contributed by atoms with Gasteiger partial charge in [0.2, 0.25) is 0 Å². The molecule has 0 bridgehead atoms. The predicted molar refractivity (Wildman–Crippen MR) is 103 cm³/mol. The van der Waals surface area contributed by atoms with Gasteiger partial charge < -0.3 is 15.0 Å². The fraction of sp³-hybridized carbons (Fsp3) is 0.300. The minimum atomic E-state index is -0.734. The van der Waals surface area contributed by atoms with E-state index in [2.05, 4.69) is 4.90 Å². The summed E-state index contributed by atoms with van der Waals surface area (Å²) in [5, 5.41) is 20.2. The molecule has 2 aromatic rings. The molecule has 1 atom stereocenters. The molecule has 1 saturated heterocycles. The summed E-state index contributed by atoms with van der Waals surface area (Å²) in [6, 6.07) is 14.4. The summed E-state index contributed by atoms with van der Waals surface area (Å²) in [5.74, 6) is 0.745. The maximum atomic E-state index is 11.2. The van der Waals surface area contributed by atoms with E-state index in [-0.39, 0.29) is 5.69 Å². The highest BCUT2D eigenvalue weighted by Gasteiger charge is 2.44. The molecule has 0 aromatic heterocycles. The Morgan fingerprint density at radius 3 is 2.56 bits per heavy atom. The number of ether oxygens (including phenoxy) is 1. The van der Waals surface area contributed by atoms with E-state index in [4.69, 9.17) is 15.1 Å². The van der Waals surface area contributed by atoms with Crippen molar-refractivity contribution in [2.45, 2.75) is 12.3 Å². The van der Waals surface area contributed by atoms with Crippen LogP contribution in [0.15, 0.2) is 53.5 Å². The van der Waals surface area contributed by atoms with E-state index >= 15 is 0 Å². The number of aliphatic imine (C=N–C) groups is 1. The van der Waals surface area contributed by atoms with Crippen molar-refractivity contribution in [3.63, 3.8) is 0 Å². The Morgan fingerprint density at radius 1 is 1.19 bits per heavy atom. The maximum Gasteiger partial charge on any atom is 0.271 e. The number of nitro benzene ring substituents is 1. The summed E-state index contributed by atoms with van der Waals surface area (Å²) in [7, 11) is 0. The molecule has 0 saturated carbocycles. The summed E-state index contributed by atoms with van der Waals surface area (Å²) in [5.41, 5.74) is 1.73. The van der Waals surface area contributed by atoms with Crippen LogP contribution in [0.5, 0.6) is 0 Å². The first-order chi connectivity index (χ1) is 13.0. The molecule has 138 valence electrons. The SMILES string of the molecule is CC1(c2ccccc2)C(=N)c2ccc([N+](=O)[O-])cc2N=C1N1CCOCC1. The zero-order chi connectivity index (χ0) is 19.0.